The summed E-state index contributed by atoms with van der Waals surface area (Å²) in [5.41, 5.74) is 0. The Bertz CT molecular complexity index is 1390. The second-order valence-electron chi connectivity index (χ2n) is 14.4. The number of unbranched alkanes of at least 4 members (excludes halogenated alkanes) is 1. The molecular formula is C28H32F26N4O2. The molecule has 0 aromatic heterocycles. The minimum Gasteiger partial charge on any atom is -0.858 e. The van der Waals surface area contributed by atoms with Crippen molar-refractivity contribution < 1.29 is 133 Å². The Labute approximate surface area is 320 Å². The minimum absolute atomic E-state index is 0.0387. The molecule has 358 valence electrons. The molecule has 0 aromatic rings. The Hall–Kier alpha value is -2.96. The molecule has 0 fully saturated rings. The Morgan fingerprint density at radius 3 is 0.800 bits per heavy atom. The topological polar surface area (TPSA) is 70.8 Å². The number of hydrogen-bond acceptors (Lipinski definition) is 4. The smallest absolute Gasteiger partial charge is 0.460 e. The van der Waals surface area contributed by atoms with Crippen LogP contribution in [0.5, 0.6) is 0 Å². The summed E-state index contributed by atoms with van der Waals surface area (Å²) in [5, 5.41) is 24.2. The first-order valence-corrected chi connectivity index (χ1v) is 15.9. The van der Waals surface area contributed by atoms with E-state index < -0.39 is 131 Å². The second-order valence-corrected chi connectivity index (χ2v) is 14.4. The van der Waals surface area contributed by atoms with Crippen LogP contribution in [0, 0.1) is 0 Å². The SMILES string of the molecule is C[N+](C)(CCCC[N+](C)(C)CC([O-])=NCCC(F)(F)C(F)(F)C(F)(F)C(F)(F)C(F)(F)C(F)(F)F)CC([O-])=NCCC(F)(F)C(F)(F)C(F)(F)C(F)(F)C(F)(F)C(F)(F)F. The normalized spacial score (nSPS) is 16.5. The highest BCUT2D eigenvalue weighted by Gasteiger charge is 2.92. The molecule has 32 heteroatoms. The average molecular weight is 951 g/mol. The van der Waals surface area contributed by atoms with Gasteiger partial charge in [0.2, 0.25) is 0 Å². The van der Waals surface area contributed by atoms with Gasteiger partial charge in [-0.15, -0.1) is 0 Å². The number of alkyl halides is 26. The van der Waals surface area contributed by atoms with Gasteiger partial charge in [-0.05, 0) is 0 Å². The molecule has 0 spiro atoms. The summed E-state index contributed by atoms with van der Waals surface area (Å²) in [6, 6.07) is 0. The Balaban J connectivity index is 5.42. The monoisotopic (exact) mass is 950 g/mol. The summed E-state index contributed by atoms with van der Waals surface area (Å²) >= 11 is 0. The molecule has 0 heterocycles. The van der Waals surface area contributed by atoms with Crippen molar-refractivity contribution in [2.45, 2.75) is 97.3 Å². The zero-order valence-electron chi connectivity index (χ0n) is 30.5. The molecule has 0 N–H and O–H groups in total. The molecule has 0 amide bonds. The summed E-state index contributed by atoms with van der Waals surface area (Å²) in [4.78, 5) is 5.65. The Kier molecular flexibility index (Phi) is 16.5. The molecule has 0 aliphatic carbocycles. The first-order chi connectivity index (χ1) is 25.9. The van der Waals surface area contributed by atoms with Crippen LogP contribution < -0.4 is 10.2 Å². The van der Waals surface area contributed by atoms with Crippen molar-refractivity contribution in [1.29, 1.82) is 0 Å². The Morgan fingerprint density at radius 2 is 0.583 bits per heavy atom. The number of nitrogens with zero attached hydrogens (tertiary/aromatic N) is 4. The van der Waals surface area contributed by atoms with Crippen molar-refractivity contribution in [1.82, 2.24) is 0 Å². The van der Waals surface area contributed by atoms with Crippen LogP contribution in [0.1, 0.15) is 25.7 Å². The second kappa shape index (κ2) is 17.3. The van der Waals surface area contributed by atoms with E-state index in [0.29, 0.717) is 0 Å². The highest BCUT2D eigenvalue weighted by molar-refractivity contribution is 5.72. The van der Waals surface area contributed by atoms with Gasteiger partial charge >= 0.3 is 71.6 Å². The molecule has 0 saturated carbocycles. The lowest BCUT2D eigenvalue weighted by Crippen LogP contribution is -2.70. The van der Waals surface area contributed by atoms with Crippen LogP contribution in [-0.4, -0.2) is 160 Å². The van der Waals surface area contributed by atoms with Gasteiger partial charge in [0, 0.05) is 50.6 Å². The van der Waals surface area contributed by atoms with Crippen molar-refractivity contribution in [3.8, 4) is 0 Å². The third-order valence-electron chi connectivity index (χ3n) is 8.33. The fourth-order valence-electron chi connectivity index (χ4n) is 4.63. The van der Waals surface area contributed by atoms with Crippen LogP contribution in [-0.2, 0) is 0 Å². The molecule has 0 radical (unpaired) electrons. The Morgan fingerprint density at radius 1 is 0.367 bits per heavy atom. The van der Waals surface area contributed by atoms with Crippen LogP contribution in [0.3, 0.4) is 0 Å². The number of halogens is 26. The lowest BCUT2D eigenvalue weighted by atomic mass is 9.92. The minimum atomic E-state index is -8.11. The van der Waals surface area contributed by atoms with Crippen LogP contribution >= 0.6 is 0 Å². The van der Waals surface area contributed by atoms with Gasteiger partial charge in [-0.3, -0.25) is 9.98 Å². The first kappa shape index (κ1) is 57.0. The van der Waals surface area contributed by atoms with E-state index in [4.69, 9.17) is 0 Å². The van der Waals surface area contributed by atoms with Crippen molar-refractivity contribution in [3.63, 3.8) is 0 Å². The van der Waals surface area contributed by atoms with Gasteiger partial charge in [0.05, 0.1) is 41.3 Å². The maximum Gasteiger partial charge on any atom is 0.460 e. The van der Waals surface area contributed by atoms with Gasteiger partial charge in [-0.1, -0.05) is 0 Å². The standard InChI is InChI=1S/C28H32F26N4O2/c1-57(2,13-15(59)55-9-7-17(29,30)19(33,34)21(37,38)23(41,42)25(45,46)27(49,50)51)11-5-6-12-58(3,4)14-16(60)56-10-8-18(31,32)20(35,36)22(39,40)24(43,44)26(47,48)28(52,53)54/h5-14H2,1-4H3. The summed E-state index contributed by atoms with van der Waals surface area (Å²) in [5.74, 6) is -79.0. The number of quaternary nitrogens is 2. The highest BCUT2D eigenvalue weighted by atomic mass is 19.4. The molecule has 0 aliphatic rings. The zero-order valence-corrected chi connectivity index (χ0v) is 30.5. The molecule has 0 bridgehead atoms. The van der Waals surface area contributed by atoms with E-state index in [2.05, 4.69) is 9.98 Å². The van der Waals surface area contributed by atoms with Crippen LogP contribution in [0.4, 0.5) is 114 Å². The van der Waals surface area contributed by atoms with E-state index >= 15 is 0 Å². The first-order valence-electron chi connectivity index (χ1n) is 15.9. The maximum atomic E-state index is 13.9. The van der Waals surface area contributed by atoms with E-state index in [1.165, 1.54) is 28.2 Å². The van der Waals surface area contributed by atoms with E-state index in [0.717, 1.165) is 0 Å². The van der Waals surface area contributed by atoms with E-state index in [1.54, 1.807) is 0 Å². The van der Waals surface area contributed by atoms with E-state index in [1.807, 2.05) is 0 Å². The number of likely N-dealkylation sites (N-methyl/N-ethyl adjacent to an activating group) is 2. The fraction of sp³-hybridized carbons (Fsp3) is 0.929. The number of hydrogen-bond donors (Lipinski definition) is 0. The predicted molar refractivity (Wildman–Crippen MR) is 148 cm³/mol. The summed E-state index contributed by atoms with van der Waals surface area (Å²) in [6.45, 7) is -5.53. The molecule has 0 aromatic carbocycles. The predicted octanol–water partition coefficient (Wildman–Crippen LogP) is 7.69. The van der Waals surface area contributed by atoms with Crippen LogP contribution in [0.2, 0.25) is 0 Å². The third-order valence-corrected chi connectivity index (χ3v) is 8.33. The highest BCUT2D eigenvalue weighted by Crippen LogP contribution is 2.62. The molecular weight excluding hydrogens is 918 g/mol. The molecule has 0 rings (SSSR count). The number of aliphatic imine (C=N–C) groups is 2. The van der Waals surface area contributed by atoms with Gasteiger partial charge < -0.3 is 19.2 Å². The third kappa shape index (κ3) is 11.2. The maximum absolute atomic E-state index is 13.9. The van der Waals surface area contributed by atoms with Crippen molar-refractivity contribution in [3.05, 3.63) is 0 Å². The summed E-state index contributed by atoms with van der Waals surface area (Å²) in [7, 11) is 4.95. The lowest BCUT2D eigenvalue weighted by molar-refractivity contribution is -0.890. The largest absolute Gasteiger partial charge is 0.858 e. The lowest BCUT2D eigenvalue weighted by Gasteiger charge is -2.39. The van der Waals surface area contributed by atoms with Crippen LogP contribution in [0.15, 0.2) is 9.98 Å². The van der Waals surface area contributed by atoms with Crippen molar-refractivity contribution >= 4 is 11.8 Å². The van der Waals surface area contributed by atoms with Crippen LogP contribution in [0.25, 0.3) is 0 Å². The molecule has 6 nitrogen and oxygen atoms in total. The molecule has 0 unspecified atom stereocenters. The zero-order chi connectivity index (χ0) is 48.6. The molecule has 0 saturated heterocycles. The summed E-state index contributed by atoms with van der Waals surface area (Å²) < 4.78 is 343. The van der Waals surface area contributed by atoms with E-state index in [9.17, 15) is 124 Å². The summed E-state index contributed by atoms with van der Waals surface area (Å²) in [6.07, 6.45) is -20.6. The van der Waals surface area contributed by atoms with Gasteiger partial charge in [-0.25, -0.2) is 0 Å². The van der Waals surface area contributed by atoms with Gasteiger partial charge in [0.25, 0.3) is 0 Å². The van der Waals surface area contributed by atoms with Gasteiger partial charge in [0.1, 0.15) is 13.1 Å². The molecule has 0 atom stereocenters. The quantitative estimate of drug-likeness (QED) is 0.0347. The van der Waals surface area contributed by atoms with Crippen molar-refractivity contribution in [2.75, 3.05) is 67.5 Å². The fourth-order valence-corrected chi connectivity index (χ4v) is 4.63. The number of rotatable bonds is 23. The van der Waals surface area contributed by atoms with Gasteiger partial charge in [0.15, 0.2) is 0 Å². The van der Waals surface area contributed by atoms with Gasteiger partial charge in [-0.2, -0.15) is 114 Å². The molecule has 60 heavy (non-hydrogen) atoms. The van der Waals surface area contributed by atoms with Crippen molar-refractivity contribution in [2.24, 2.45) is 9.98 Å². The van der Waals surface area contributed by atoms with E-state index in [-0.39, 0.29) is 25.9 Å². The molecule has 0 aliphatic heterocycles. The average Bonchev–Trinajstić information content (AvgIpc) is 3.00.